The molecule has 0 N–H and O–H groups in total. The van der Waals surface area contributed by atoms with Gasteiger partial charge >= 0.3 is 12.1 Å². The Bertz CT molecular complexity index is 536. The fraction of sp³-hybridized carbons (Fsp3) is 0.714. The molecule has 1 aliphatic heterocycles. The van der Waals surface area contributed by atoms with Crippen LogP contribution in [-0.4, -0.2) is 57.0 Å². The fourth-order valence-corrected chi connectivity index (χ4v) is 2.09. The number of ether oxygens (including phenoxy) is 2. The highest BCUT2D eigenvalue weighted by Gasteiger charge is 2.26. The average Bonchev–Trinajstić information content (AvgIpc) is 2.71. The summed E-state index contributed by atoms with van der Waals surface area (Å²) in [6.07, 6.45) is 0.176. The van der Waals surface area contributed by atoms with Gasteiger partial charge in [0.1, 0.15) is 11.4 Å². The van der Waals surface area contributed by atoms with Crippen LogP contribution in [-0.2, 0) is 22.4 Å². The van der Waals surface area contributed by atoms with Crippen LogP contribution in [0.25, 0.3) is 0 Å². The second-order valence-electron chi connectivity index (χ2n) is 6.01. The molecule has 0 unspecified atom stereocenters. The molecule has 1 aromatic rings. The molecule has 0 fully saturated rings. The molecule has 2 rings (SSSR count). The first-order valence-corrected chi connectivity index (χ1v) is 7.39. The summed E-state index contributed by atoms with van der Waals surface area (Å²) >= 11 is 0. The van der Waals surface area contributed by atoms with E-state index in [-0.39, 0.29) is 18.5 Å². The van der Waals surface area contributed by atoms with E-state index in [2.05, 4.69) is 10.1 Å². The number of fused-ring (bicyclic) bond motifs is 1. The van der Waals surface area contributed by atoms with Crippen LogP contribution < -0.4 is 0 Å². The molecule has 1 aliphatic rings. The average molecular weight is 310 g/mol. The molecule has 0 aromatic carbocycles. The Balaban J connectivity index is 2.01. The molecular formula is C14H22N4O4. The predicted octanol–water partition coefficient (Wildman–Crippen LogP) is 1.25. The summed E-state index contributed by atoms with van der Waals surface area (Å²) < 4.78 is 11.9. The van der Waals surface area contributed by atoms with Crippen molar-refractivity contribution in [1.29, 1.82) is 0 Å². The summed E-state index contributed by atoms with van der Waals surface area (Å²) in [5.74, 6) is 0.226. The van der Waals surface area contributed by atoms with Gasteiger partial charge < -0.3 is 14.4 Å². The van der Waals surface area contributed by atoms with Crippen molar-refractivity contribution in [1.82, 2.24) is 19.7 Å². The van der Waals surface area contributed by atoms with E-state index in [4.69, 9.17) is 9.47 Å². The largest absolute Gasteiger partial charge is 0.460 e. The highest BCUT2D eigenvalue weighted by Crippen LogP contribution is 2.13. The van der Waals surface area contributed by atoms with E-state index in [0.29, 0.717) is 31.9 Å². The minimum Gasteiger partial charge on any atom is -0.460 e. The molecule has 0 atom stereocenters. The third kappa shape index (κ3) is 3.96. The van der Waals surface area contributed by atoms with Gasteiger partial charge in [0.05, 0.1) is 13.2 Å². The van der Waals surface area contributed by atoms with Crippen LogP contribution in [0.2, 0.25) is 0 Å². The summed E-state index contributed by atoms with van der Waals surface area (Å²) in [5.41, 5.74) is -0.522. The third-order valence-electron chi connectivity index (χ3n) is 3.05. The van der Waals surface area contributed by atoms with Crippen LogP contribution in [0, 0.1) is 0 Å². The first-order chi connectivity index (χ1) is 10.3. The molecule has 0 bridgehead atoms. The molecular weight excluding hydrogens is 288 g/mol. The Labute approximate surface area is 129 Å². The predicted molar refractivity (Wildman–Crippen MR) is 77.5 cm³/mol. The van der Waals surface area contributed by atoms with Gasteiger partial charge in [-0.3, -0.25) is 0 Å². The van der Waals surface area contributed by atoms with Gasteiger partial charge in [-0.25, -0.2) is 19.3 Å². The van der Waals surface area contributed by atoms with Crippen LogP contribution in [0.15, 0.2) is 0 Å². The zero-order valence-electron chi connectivity index (χ0n) is 13.5. The molecule has 8 nitrogen and oxygen atoms in total. The van der Waals surface area contributed by atoms with Crippen LogP contribution in [0.3, 0.4) is 0 Å². The second kappa shape index (κ2) is 6.33. The molecule has 1 aromatic heterocycles. The van der Waals surface area contributed by atoms with Gasteiger partial charge in [0.15, 0.2) is 0 Å². The van der Waals surface area contributed by atoms with Gasteiger partial charge in [0.25, 0.3) is 5.82 Å². The number of nitrogens with zero attached hydrogens (tertiary/aromatic N) is 4. The Morgan fingerprint density at radius 3 is 2.59 bits per heavy atom. The highest BCUT2D eigenvalue weighted by molar-refractivity contribution is 5.85. The van der Waals surface area contributed by atoms with Gasteiger partial charge in [0, 0.05) is 19.5 Å². The maximum Gasteiger partial charge on any atom is 0.410 e. The highest BCUT2D eigenvalue weighted by atomic mass is 16.6. The number of rotatable bonds is 2. The summed E-state index contributed by atoms with van der Waals surface area (Å²) in [6.45, 7) is 8.94. The molecule has 0 saturated carbocycles. The molecule has 0 saturated heterocycles. The Morgan fingerprint density at radius 1 is 1.23 bits per heavy atom. The monoisotopic (exact) mass is 310 g/mol. The van der Waals surface area contributed by atoms with E-state index in [1.165, 1.54) is 0 Å². The quantitative estimate of drug-likeness (QED) is 0.764. The smallest absolute Gasteiger partial charge is 0.410 e. The minimum atomic E-state index is -0.522. The summed E-state index contributed by atoms with van der Waals surface area (Å²) in [4.78, 5) is 29.5. The molecule has 0 spiro atoms. The number of aromatic nitrogens is 3. The van der Waals surface area contributed by atoms with Crippen molar-refractivity contribution in [3.63, 3.8) is 0 Å². The van der Waals surface area contributed by atoms with E-state index in [9.17, 15) is 9.59 Å². The minimum absolute atomic E-state index is 0.0718. The van der Waals surface area contributed by atoms with Crippen molar-refractivity contribution in [2.75, 3.05) is 19.7 Å². The van der Waals surface area contributed by atoms with Gasteiger partial charge in [-0.15, -0.1) is 5.10 Å². The summed E-state index contributed by atoms with van der Waals surface area (Å²) in [7, 11) is 0. The van der Waals surface area contributed by atoms with Gasteiger partial charge in [-0.05, 0) is 27.7 Å². The Hall–Kier alpha value is -2.12. The zero-order chi connectivity index (χ0) is 16.3. The number of esters is 1. The Morgan fingerprint density at radius 2 is 1.95 bits per heavy atom. The lowest BCUT2D eigenvalue weighted by molar-refractivity contribution is 0.0252. The first-order valence-electron chi connectivity index (χ1n) is 7.39. The van der Waals surface area contributed by atoms with Crippen molar-refractivity contribution in [3.05, 3.63) is 11.6 Å². The lowest BCUT2D eigenvalue weighted by Gasteiger charge is -2.26. The zero-order valence-corrected chi connectivity index (χ0v) is 13.5. The maximum absolute atomic E-state index is 12.1. The molecule has 1 amide bonds. The van der Waals surface area contributed by atoms with Crippen LogP contribution in [0.5, 0.6) is 0 Å². The Kier molecular flexibility index (Phi) is 4.68. The van der Waals surface area contributed by atoms with E-state index >= 15 is 0 Å². The molecule has 0 aliphatic carbocycles. The fourth-order valence-electron chi connectivity index (χ4n) is 2.09. The lowest BCUT2D eigenvalue weighted by atomic mass is 10.2. The normalized spacial score (nSPS) is 15.0. The van der Waals surface area contributed by atoms with Crippen LogP contribution in [0.4, 0.5) is 4.79 Å². The van der Waals surface area contributed by atoms with Crippen molar-refractivity contribution >= 4 is 12.1 Å². The molecule has 2 heterocycles. The second-order valence-corrected chi connectivity index (χ2v) is 6.01. The number of amides is 1. The molecule has 122 valence electrons. The SMILES string of the molecule is CCOC(=O)c1nc2n(n1)CCN(C(=O)OC(C)(C)C)CC2. The van der Waals surface area contributed by atoms with Crippen LogP contribution in [0.1, 0.15) is 44.1 Å². The van der Waals surface area contributed by atoms with Crippen LogP contribution >= 0.6 is 0 Å². The van der Waals surface area contributed by atoms with Crippen molar-refractivity contribution in [2.45, 2.75) is 46.3 Å². The van der Waals surface area contributed by atoms with E-state index < -0.39 is 11.6 Å². The van der Waals surface area contributed by atoms with Crippen molar-refractivity contribution in [3.8, 4) is 0 Å². The maximum atomic E-state index is 12.1. The molecule has 8 heteroatoms. The number of hydrogen-bond donors (Lipinski definition) is 0. The number of carbonyl (C=O) groups is 2. The number of hydrogen-bond acceptors (Lipinski definition) is 6. The first kappa shape index (κ1) is 16.3. The van der Waals surface area contributed by atoms with Crippen molar-refractivity contribution in [2.24, 2.45) is 0 Å². The van der Waals surface area contributed by atoms with E-state index in [1.54, 1.807) is 16.5 Å². The third-order valence-corrected chi connectivity index (χ3v) is 3.05. The lowest BCUT2D eigenvalue weighted by Crippen LogP contribution is -2.38. The number of carbonyl (C=O) groups excluding carboxylic acids is 2. The molecule has 22 heavy (non-hydrogen) atoms. The summed E-state index contributed by atoms with van der Waals surface area (Å²) in [5, 5.41) is 4.15. The molecule has 0 radical (unpaired) electrons. The van der Waals surface area contributed by atoms with Gasteiger partial charge in [-0.1, -0.05) is 0 Å². The van der Waals surface area contributed by atoms with Gasteiger partial charge in [-0.2, -0.15) is 0 Å². The van der Waals surface area contributed by atoms with E-state index in [0.717, 1.165) is 0 Å². The topological polar surface area (TPSA) is 86.5 Å². The summed E-state index contributed by atoms with van der Waals surface area (Å²) in [6, 6.07) is 0. The van der Waals surface area contributed by atoms with Gasteiger partial charge in [0.2, 0.25) is 0 Å². The van der Waals surface area contributed by atoms with Crippen molar-refractivity contribution < 1.29 is 19.1 Å². The standard InChI is InChI=1S/C14H22N4O4/c1-5-21-12(19)11-15-10-6-7-17(8-9-18(10)16-11)13(20)22-14(2,3)4/h5-9H2,1-4H3. The van der Waals surface area contributed by atoms with E-state index in [1.807, 2.05) is 20.8 Å².